The van der Waals surface area contributed by atoms with E-state index in [1.54, 1.807) is 48.5 Å². The molecular formula is C26H28N4O3. The number of rotatable bonds is 10. The zero-order valence-corrected chi connectivity index (χ0v) is 18.3. The molecule has 0 heterocycles. The van der Waals surface area contributed by atoms with Crippen LogP contribution in [0.4, 0.5) is 17.1 Å². The van der Waals surface area contributed by atoms with Gasteiger partial charge < -0.3 is 22.1 Å². The van der Waals surface area contributed by atoms with Gasteiger partial charge in [-0.15, -0.1) is 0 Å². The summed E-state index contributed by atoms with van der Waals surface area (Å²) in [6, 6.07) is 23.5. The molecule has 0 spiro atoms. The first kappa shape index (κ1) is 23.5. The fourth-order valence-electron chi connectivity index (χ4n) is 3.54. The van der Waals surface area contributed by atoms with Gasteiger partial charge in [0, 0.05) is 12.1 Å². The average Bonchev–Trinajstić information content (AvgIpc) is 2.79. The van der Waals surface area contributed by atoms with Crippen molar-refractivity contribution in [1.29, 1.82) is 0 Å². The molecule has 0 fully saturated rings. The predicted octanol–water partition coefficient (Wildman–Crippen LogP) is 3.83. The van der Waals surface area contributed by atoms with Crippen LogP contribution in [0.5, 0.6) is 0 Å². The van der Waals surface area contributed by atoms with Crippen molar-refractivity contribution in [2.24, 2.45) is 5.73 Å². The van der Waals surface area contributed by atoms with Gasteiger partial charge in [0.1, 0.15) is 0 Å². The number of nitrogen functional groups attached to an aromatic ring is 1. The minimum Gasteiger partial charge on any atom is -0.397 e. The molecule has 0 radical (unpaired) electrons. The number of primary amides is 1. The standard InChI is InChI=1S/C26H28N4O3/c27-22-10-4-5-11-23(22)30-25(32)17-18-13-15-19(16-14-18)21(26(28)33)9-6-12-24(31)29-20-7-2-1-3-8-20/h1-5,7-8,10-11,13-16,21H,6,9,12,17,27H2,(H2,28,33)(H,29,31)(H,30,32). The maximum atomic E-state index is 12.3. The molecule has 0 bridgehead atoms. The third kappa shape index (κ3) is 7.21. The van der Waals surface area contributed by atoms with Gasteiger partial charge in [0.05, 0.1) is 23.7 Å². The number of benzene rings is 3. The van der Waals surface area contributed by atoms with Crippen molar-refractivity contribution >= 4 is 34.8 Å². The normalized spacial score (nSPS) is 11.4. The Kier molecular flexibility index (Phi) is 8.18. The van der Waals surface area contributed by atoms with Crippen molar-refractivity contribution in [2.45, 2.75) is 31.6 Å². The first-order valence-corrected chi connectivity index (χ1v) is 10.8. The van der Waals surface area contributed by atoms with E-state index in [2.05, 4.69) is 10.6 Å². The topological polar surface area (TPSA) is 127 Å². The Morgan fingerprint density at radius 2 is 1.45 bits per heavy atom. The largest absolute Gasteiger partial charge is 0.397 e. The lowest BCUT2D eigenvalue weighted by atomic mass is 9.92. The van der Waals surface area contributed by atoms with Gasteiger partial charge in [0.15, 0.2) is 0 Å². The molecule has 1 unspecified atom stereocenters. The van der Waals surface area contributed by atoms with Crippen molar-refractivity contribution in [2.75, 3.05) is 16.4 Å². The number of amides is 3. The van der Waals surface area contributed by atoms with Crippen molar-refractivity contribution in [3.8, 4) is 0 Å². The molecule has 0 aromatic heterocycles. The van der Waals surface area contributed by atoms with Gasteiger partial charge in [-0.2, -0.15) is 0 Å². The number of para-hydroxylation sites is 3. The predicted molar refractivity (Wildman–Crippen MR) is 130 cm³/mol. The van der Waals surface area contributed by atoms with Crippen molar-refractivity contribution in [3.05, 3.63) is 90.0 Å². The number of carbonyl (C=O) groups excluding carboxylic acids is 3. The zero-order chi connectivity index (χ0) is 23.6. The van der Waals surface area contributed by atoms with Crippen LogP contribution in [-0.4, -0.2) is 17.7 Å². The molecule has 0 aliphatic rings. The Balaban J connectivity index is 1.52. The second kappa shape index (κ2) is 11.5. The molecule has 3 aromatic carbocycles. The van der Waals surface area contributed by atoms with E-state index in [1.165, 1.54) is 0 Å². The summed E-state index contributed by atoms with van der Waals surface area (Å²) in [6.07, 6.45) is 1.45. The zero-order valence-electron chi connectivity index (χ0n) is 18.3. The molecule has 6 N–H and O–H groups in total. The first-order valence-electron chi connectivity index (χ1n) is 10.8. The highest BCUT2D eigenvalue weighted by molar-refractivity contribution is 5.95. The lowest BCUT2D eigenvalue weighted by molar-refractivity contribution is -0.120. The Morgan fingerprint density at radius 3 is 2.12 bits per heavy atom. The summed E-state index contributed by atoms with van der Waals surface area (Å²) in [5.74, 6) is -1.23. The summed E-state index contributed by atoms with van der Waals surface area (Å²) in [7, 11) is 0. The van der Waals surface area contributed by atoms with Gasteiger partial charge in [-0.1, -0.05) is 54.6 Å². The second-order valence-electron chi connectivity index (χ2n) is 7.82. The summed E-state index contributed by atoms with van der Waals surface area (Å²) in [5, 5.41) is 5.62. The number of nitrogens with two attached hydrogens (primary N) is 2. The van der Waals surface area contributed by atoms with E-state index in [0.717, 1.165) is 16.8 Å². The Morgan fingerprint density at radius 1 is 0.788 bits per heavy atom. The molecule has 33 heavy (non-hydrogen) atoms. The Labute approximate surface area is 193 Å². The monoisotopic (exact) mass is 444 g/mol. The van der Waals surface area contributed by atoms with E-state index < -0.39 is 11.8 Å². The third-order valence-corrected chi connectivity index (χ3v) is 5.28. The van der Waals surface area contributed by atoms with E-state index in [0.29, 0.717) is 30.6 Å². The van der Waals surface area contributed by atoms with E-state index in [1.807, 2.05) is 30.3 Å². The van der Waals surface area contributed by atoms with Crippen LogP contribution in [0.2, 0.25) is 0 Å². The van der Waals surface area contributed by atoms with Gasteiger partial charge in [-0.3, -0.25) is 14.4 Å². The Bertz CT molecular complexity index is 1100. The smallest absolute Gasteiger partial charge is 0.228 e. The summed E-state index contributed by atoms with van der Waals surface area (Å²) >= 11 is 0. The van der Waals surface area contributed by atoms with Gasteiger partial charge in [0.2, 0.25) is 17.7 Å². The highest BCUT2D eigenvalue weighted by Crippen LogP contribution is 2.23. The van der Waals surface area contributed by atoms with Gasteiger partial charge in [0.25, 0.3) is 0 Å². The maximum Gasteiger partial charge on any atom is 0.228 e. The lowest BCUT2D eigenvalue weighted by Gasteiger charge is -2.14. The molecule has 0 aliphatic carbocycles. The quantitative estimate of drug-likeness (QED) is 0.354. The molecule has 7 nitrogen and oxygen atoms in total. The summed E-state index contributed by atoms with van der Waals surface area (Å²) in [6.45, 7) is 0. The van der Waals surface area contributed by atoms with Gasteiger partial charge in [-0.25, -0.2) is 0 Å². The van der Waals surface area contributed by atoms with Crippen molar-refractivity contribution in [1.82, 2.24) is 0 Å². The van der Waals surface area contributed by atoms with Gasteiger partial charge in [-0.05, 0) is 48.2 Å². The van der Waals surface area contributed by atoms with Crippen LogP contribution in [0.15, 0.2) is 78.9 Å². The minimum absolute atomic E-state index is 0.107. The number of anilines is 3. The second-order valence-corrected chi connectivity index (χ2v) is 7.82. The Hall–Kier alpha value is -4.13. The van der Waals surface area contributed by atoms with Crippen LogP contribution in [0, 0.1) is 0 Å². The number of hydrogen-bond acceptors (Lipinski definition) is 4. The molecule has 3 aromatic rings. The van der Waals surface area contributed by atoms with E-state index in [-0.39, 0.29) is 18.2 Å². The molecule has 0 aliphatic heterocycles. The number of carbonyl (C=O) groups is 3. The summed E-state index contributed by atoms with van der Waals surface area (Å²) < 4.78 is 0. The average molecular weight is 445 g/mol. The van der Waals surface area contributed by atoms with Crippen LogP contribution >= 0.6 is 0 Å². The first-order chi connectivity index (χ1) is 15.9. The van der Waals surface area contributed by atoms with Gasteiger partial charge >= 0.3 is 0 Å². The molecular weight excluding hydrogens is 416 g/mol. The van der Waals surface area contributed by atoms with E-state index in [4.69, 9.17) is 11.5 Å². The summed E-state index contributed by atoms with van der Waals surface area (Å²) in [5.41, 5.74) is 14.9. The molecule has 3 amide bonds. The van der Waals surface area contributed by atoms with Crippen LogP contribution in [-0.2, 0) is 20.8 Å². The molecule has 3 rings (SSSR count). The highest BCUT2D eigenvalue weighted by Gasteiger charge is 2.18. The molecule has 0 saturated heterocycles. The number of nitrogens with one attached hydrogen (secondary N) is 2. The highest BCUT2D eigenvalue weighted by atomic mass is 16.2. The molecule has 170 valence electrons. The van der Waals surface area contributed by atoms with Crippen LogP contribution < -0.4 is 22.1 Å². The lowest BCUT2D eigenvalue weighted by Crippen LogP contribution is -2.22. The fourth-order valence-corrected chi connectivity index (χ4v) is 3.54. The maximum absolute atomic E-state index is 12.3. The van der Waals surface area contributed by atoms with E-state index >= 15 is 0 Å². The van der Waals surface area contributed by atoms with Crippen molar-refractivity contribution < 1.29 is 14.4 Å². The third-order valence-electron chi connectivity index (χ3n) is 5.28. The molecule has 0 saturated carbocycles. The van der Waals surface area contributed by atoms with Crippen molar-refractivity contribution in [3.63, 3.8) is 0 Å². The van der Waals surface area contributed by atoms with Crippen LogP contribution in [0.3, 0.4) is 0 Å². The minimum atomic E-state index is -0.499. The fraction of sp³-hybridized carbons (Fsp3) is 0.192. The molecule has 1 atom stereocenters. The van der Waals surface area contributed by atoms with Crippen LogP contribution in [0.1, 0.15) is 36.3 Å². The SMILES string of the molecule is NC(=O)C(CCCC(=O)Nc1ccccc1)c1ccc(CC(=O)Nc2ccccc2N)cc1. The molecule has 7 heteroatoms. The van der Waals surface area contributed by atoms with E-state index in [9.17, 15) is 14.4 Å². The van der Waals surface area contributed by atoms with Crippen LogP contribution in [0.25, 0.3) is 0 Å². The summed E-state index contributed by atoms with van der Waals surface area (Å²) in [4.78, 5) is 36.5. The number of hydrogen-bond donors (Lipinski definition) is 4.